The van der Waals surface area contributed by atoms with Gasteiger partial charge in [-0.25, -0.2) is 4.39 Å². The molecule has 3 heteroatoms. The predicted octanol–water partition coefficient (Wildman–Crippen LogP) is 4.55. The molecule has 1 N–H and O–H groups in total. The lowest BCUT2D eigenvalue weighted by atomic mass is 9.81. The normalized spacial score (nSPS) is 29.9. The molecule has 2 fully saturated rings. The van der Waals surface area contributed by atoms with Gasteiger partial charge in [0.1, 0.15) is 5.82 Å². The van der Waals surface area contributed by atoms with E-state index in [4.69, 9.17) is 0 Å². The summed E-state index contributed by atoms with van der Waals surface area (Å²) < 4.78 is 13.9. The summed E-state index contributed by atoms with van der Waals surface area (Å²) in [7, 11) is 0. The van der Waals surface area contributed by atoms with Crippen LogP contribution in [0.5, 0.6) is 0 Å². The first-order valence-electron chi connectivity index (χ1n) is 7.84. The lowest BCUT2D eigenvalue weighted by molar-refractivity contribution is 0.249. The van der Waals surface area contributed by atoms with Crippen molar-refractivity contribution in [2.45, 2.75) is 45.1 Å². The topological polar surface area (TPSA) is 12.0 Å². The highest BCUT2D eigenvalue weighted by atomic mass is 79.9. The maximum Gasteiger partial charge on any atom is 0.137 e. The van der Waals surface area contributed by atoms with Gasteiger partial charge in [0.15, 0.2) is 0 Å². The molecule has 3 rings (SSSR count). The number of halogens is 2. The molecule has 2 aliphatic rings. The zero-order valence-electron chi connectivity index (χ0n) is 12.0. The van der Waals surface area contributed by atoms with Crippen LogP contribution in [-0.4, -0.2) is 12.6 Å². The van der Waals surface area contributed by atoms with Crippen molar-refractivity contribution >= 4 is 15.9 Å². The SMILES string of the molecule is CCNC(Cc1ccc(F)c(Br)c1)C1CC2CCC1C2. The van der Waals surface area contributed by atoms with Gasteiger partial charge in [0.25, 0.3) is 0 Å². The molecule has 0 radical (unpaired) electrons. The number of benzene rings is 1. The zero-order chi connectivity index (χ0) is 14.1. The van der Waals surface area contributed by atoms with E-state index in [-0.39, 0.29) is 5.82 Å². The van der Waals surface area contributed by atoms with Crippen LogP contribution in [0.4, 0.5) is 4.39 Å². The minimum atomic E-state index is -0.173. The van der Waals surface area contributed by atoms with Crippen molar-refractivity contribution in [1.82, 2.24) is 5.32 Å². The van der Waals surface area contributed by atoms with Crippen LogP contribution in [0.25, 0.3) is 0 Å². The van der Waals surface area contributed by atoms with E-state index in [1.165, 1.54) is 31.2 Å². The maximum absolute atomic E-state index is 13.3. The van der Waals surface area contributed by atoms with Crippen molar-refractivity contribution < 1.29 is 4.39 Å². The fraction of sp³-hybridized carbons (Fsp3) is 0.647. The molecule has 0 aliphatic heterocycles. The van der Waals surface area contributed by atoms with Gasteiger partial charge in [0, 0.05) is 6.04 Å². The third-order valence-corrected chi connectivity index (χ3v) is 5.82. The second kappa shape index (κ2) is 6.15. The van der Waals surface area contributed by atoms with Gasteiger partial charge in [-0.05, 0) is 83.6 Å². The standard InChI is InChI=1S/C17H23BrFN/c1-2-20-17(14-8-11-3-5-13(14)7-11)10-12-4-6-16(19)15(18)9-12/h4,6,9,11,13-14,17,20H,2-3,5,7-8,10H2,1H3. The van der Waals surface area contributed by atoms with Gasteiger partial charge in [-0.1, -0.05) is 19.4 Å². The van der Waals surface area contributed by atoms with Crippen LogP contribution in [0.3, 0.4) is 0 Å². The Morgan fingerprint density at radius 1 is 1.35 bits per heavy atom. The number of likely N-dealkylation sites (N-methyl/N-ethyl adjacent to an activating group) is 1. The van der Waals surface area contributed by atoms with Gasteiger partial charge in [-0.15, -0.1) is 0 Å². The van der Waals surface area contributed by atoms with Crippen LogP contribution < -0.4 is 5.32 Å². The van der Waals surface area contributed by atoms with E-state index in [0.717, 1.165) is 30.7 Å². The maximum atomic E-state index is 13.3. The number of rotatable bonds is 5. The largest absolute Gasteiger partial charge is 0.314 e. The quantitative estimate of drug-likeness (QED) is 0.829. The van der Waals surface area contributed by atoms with Crippen LogP contribution in [0.1, 0.15) is 38.2 Å². The predicted molar refractivity (Wildman–Crippen MR) is 84.2 cm³/mol. The van der Waals surface area contributed by atoms with Crippen LogP contribution in [0, 0.1) is 23.6 Å². The molecule has 2 aliphatic carbocycles. The van der Waals surface area contributed by atoms with E-state index in [1.807, 2.05) is 12.1 Å². The summed E-state index contributed by atoms with van der Waals surface area (Å²) in [6, 6.07) is 5.99. The number of nitrogens with one attached hydrogen (secondary N) is 1. The third kappa shape index (κ3) is 2.94. The number of hydrogen-bond acceptors (Lipinski definition) is 1. The second-order valence-electron chi connectivity index (χ2n) is 6.46. The molecular formula is C17H23BrFN. The minimum absolute atomic E-state index is 0.173. The van der Waals surface area contributed by atoms with Crippen molar-refractivity contribution in [3.05, 3.63) is 34.1 Å². The molecule has 4 unspecified atom stereocenters. The van der Waals surface area contributed by atoms with Gasteiger partial charge in [0.2, 0.25) is 0 Å². The molecule has 0 heterocycles. The van der Waals surface area contributed by atoms with Crippen molar-refractivity contribution in [2.24, 2.45) is 17.8 Å². The molecule has 1 aromatic rings. The summed E-state index contributed by atoms with van der Waals surface area (Å²) in [6.45, 7) is 3.20. The first-order valence-corrected chi connectivity index (χ1v) is 8.64. The summed E-state index contributed by atoms with van der Waals surface area (Å²) in [5, 5.41) is 3.68. The van der Waals surface area contributed by atoms with Gasteiger partial charge >= 0.3 is 0 Å². The van der Waals surface area contributed by atoms with Gasteiger partial charge in [0.05, 0.1) is 4.47 Å². The Morgan fingerprint density at radius 3 is 2.80 bits per heavy atom. The molecule has 110 valence electrons. The highest BCUT2D eigenvalue weighted by Gasteiger charge is 2.42. The highest BCUT2D eigenvalue weighted by molar-refractivity contribution is 9.10. The van der Waals surface area contributed by atoms with Crippen molar-refractivity contribution in [3.8, 4) is 0 Å². The summed E-state index contributed by atoms with van der Waals surface area (Å²) in [4.78, 5) is 0. The highest BCUT2D eigenvalue weighted by Crippen LogP contribution is 2.49. The Bertz CT molecular complexity index is 476. The first-order chi connectivity index (χ1) is 9.67. The molecular weight excluding hydrogens is 317 g/mol. The van der Waals surface area contributed by atoms with E-state index in [0.29, 0.717) is 10.5 Å². The Labute approximate surface area is 129 Å². The van der Waals surface area contributed by atoms with Gasteiger partial charge < -0.3 is 5.32 Å². The Hall–Kier alpha value is -0.410. The molecule has 0 saturated heterocycles. The molecule has 1 aromatic carbocycles. The molecule has 20 heavy (non-hydrogen) atoms. The van der Waals surface area contributed by atoms with Crippen LogP contribution in [-0.2, 0) is 6.42 Å². The zero-order valence-corrected chi connectivity index (χ0v) is 13.6. The van der Waals surface area contributed by atoms with E-state index in [2.05, 4.69) is 28.2 Å². The minimum Gasteiger partial charge on any atom is -0.314 e. The smallest absolute Gasteiger partial charge is 0.137 e. The van der Waals surface area contributed by atoms with E-state index >= 15 is 0 Å². The van der Waals surface area contributed by atoms with Gasteiger partial charge in [-0.2, -0.15) is 0 Å². The summed E-state index contributed by atoms with van der Waals surface area (Å²) in [6.07, 6.45) is 6.72. The lowest BCUT2D eigenvalue weighted by Gasteiger charge is -2.31. The molecule has 1 nitrogen and oxygen atoms in total. The summed E-state index contributed by atoms with van der Waals surface area (Å²) in [5.74, 6) is 2.55. The Balaban J connectivity index is 1.72. The molecule has 2 bridgehead atoms. The third-order valence-electron chi connectivity index (χ3n) is 5.22. The van der Waals surface area contributed by atoms with Crippen LogP contribution in [0.15, 0.2) is 22.7 Å². The number of fused-ring (bicyclic) bond motifs is 2. The van der Waals surface area contributed by atoms with Crippen molar-refractivity contribution in [3.63, 3.8) is 0 Å². The van der Waals surface area contributed by atoms with Gasteiger partial charge in [-0.3, -0.25) is 0 Å². The van der Waals surface area contributed by atoms with E-state index in [9.17, 15) is 4.39 Å². The van der Waals surface area contributed by atoms with Crippen LogP contribution in [0.2, 0.25) is 0 Å². The number of hydrogen-bond donors (Lipinski definition) is 1. The monoisotopic (exact) mass is 339 g/mol. The van der Waals surface area contributed by atoms with Crippen LogP contribution >= 0.6 is 15.9 Å². The fourth-order valence-electron chi connectivity index (χ4n) is 4.34. The van der Waals surface area contributed by atoms with Crippen molar-refractivity contribution in [1.29, 1.82) is 0 Å². The average Bonchev–Trinajstić information content (AvgIpc) is 3.05. The first kappa shape index (κ1) is 14.5. The fourth-order valence-corrected chi connectivity index (χ4v) is 4.77. The summed E-state index contributed by atoms with van der Waals surface area (Å²) in [5.41, 5.74) is 1.23. The molecule has 4 atom stereocenters. The molecule has 2 saturated carbocycles. The Morgan fingerprint density at radius 2 is 2.20 bits per heavy atom. The molecule has 0 amide bonds. The van der Waals surface area contributed by atoms with E-state index in [1.54, 1.807) is 6.07 Å². The molecule has 0 aromatic heterocycles. The summed E-state index contributed by atoms with van der Waals surface area (Å²) >= 11 is 3.30. The van der Waals surface area contributed by atoms with Crippen molar-refractivity contribution in [2.75, 3.05) is 6.54 Å². The average molecular weight is 340 g/mol. The lowest BCUT2D eigenvalue weighted by Crippen LogP contribution is -2.40. The Kier molecular flexibility index (Phi) is 4.46. The molecule has 0 spiro atoms. The second-order valence-corrected chi connectivity index (χ2v) is 7.31. The van der Waals surface area contributed by atoms with E-state index < -0.39 is 0 Å².